The Morgan fingerprint density at radius 3 is 3.17 bits per heavy atom. The van der Waals surface area contributed by atoms with Gasteiger partial charge in [-0.3, -0.25) is 0 Å². The van der Waals surface area contributed by atoms with Crippen LogP contribution in [0.5, 0.6) is 11.6 Å². The van der Waals surface area contributed by atoms with Crippen LogP contribution >= 0.6 is 0 Å². The summed E-state index contributed by atoms with van der Waals surface area (Å²) in [5, 5.41) is 0. The highest BCUT2D eigenvalue weighted by atomic mass is 16.6. The first-order chi connectivity index (χ1) is 5.67. The smallest absolute Gasteiger partial charge is 0.257 e. The van der Waals surface area contributed by atoms with E-state index >= 15 is 0 Å². The molecule has 2 heterocycles. The lowest BCUT2D eigenvalue weighted by Gasteiger charge is -2.31. The zero-order chi connectivity index (χ0) is 8.60. The fraction of sp³-hybridized carbons (Fsp3) is 0.444. The largest absolute Gasteiger partial charge is 0.479 e. The quantitative estimate of drug-likeness (QED) is 0.585. The van der Waals surface area contributed by atoms with Gasteiger partial charge in [0.25, 0.3) is 5.88 Å². The van der Waals surface area contributed by atoms with Gasteiger partial charge in [0.1, 0.15) is 12.2 Å². The van der Waals surface area contributed by atoms with E-state index in [4.69, 9.17) is 9.47 Å². The molecule has 0 amide bonds. The number of rotatable bonds is 0. The van der Waals surface area contributed by atoms with Crippen molar-refractivity contribution in [2.24, 2.45) is 0 Å². The van der Waals surface area contributed by atoms with Gasteiger partial charge in [0, 0.05) is 6.20 Å². The molecule has 0 radical (unpaired) electrons. The average molecular weight is 165 g/mol. The highest BCUT2D eigenvalue weighted by molar-refractivity contribution is 5.34. The SMILES string of the molecule is CC1(C)COc2ncccc2O1. The molecular formula is C9H11NO2. The van der Waals surface area contributed by atoms with E-state index < -0.39 is 0 Å². The molecule has 1 aromatic heterocycles. The number of pyridine rings is 1. The maximum Gasteiger partial charge on any atom is 0.257 e. The lowest BCUT2D eigenvalue weighted by molar-refractivity contribution is 0.0178. The van der Waals surface area contributed by atoms with Crippen molar-refractivity contribution in [1.29, 1.82) is 0 Å². The lowest BCUT2D eigenvalue weighted by Crippen LogP contribution is -2.38. The molecule has 12 heavy (non-hydrogen) atoms. The zero-order valence-corrected chi connectivity index (χ0v) is 7.20. The van der Waals surface area contributed by atoms with Crippen LogP contribution < -0.4 is 9.47 Å². The van der Waals surface area contributed by atoms with Crippen LogP contribution in [0.3, 0.4) is 0 Å². The summed E-state index contributed by atoms with van der Waals surface area (Å²) in [4.78, 5) is 4.04. The van der Waals surface area contributed by atoms with Gasteiger partial charge in [0.2, 0.25) is 0 Å². The number of aromatic nitrogens is 1. The van der Waals surface area contributed by atoms with Crippen LogP contribution in [0, 0.1) is 0 Å². The van der Waals surface area contributed by atoms with Crippen molar-refractivity contribution in [2.45, 2.75) is 19.4 Å². The van der Waals surface area contributed by atoms with E-state index in [-0.39, 0.29) is 5.60 Å². The summed E-state index contributed by atoms with van der Waals surface area (Å²) in [6, 6.07) is 3.70. The van der Waals surface area contributed by atoms with E-state index in [1.165, 1.54) is 0 Å². The third-order valence-electron chi connectivity index (χ3n) is 1.68. The summed E-state index contributed by atoms with van der Waals surface area (Å²) in [6.07, 6.45) is 1.69. The van der Waals surface area contributed by atoms with Gasteiger partial charge >= 0.3 is 0 Å². The van der Waals surface area contributed by atoms with Crippen LogP contribution in [0.4, 0.5) is 0 Å². The highest BCUT2D eigenvalue weighted by Gasteiger charge is 2.28. The molecule has 1 aliphatic rings. The lowest BCUT2D eigenvalue weighted by atomic mass is 10.1. The maximum atomic E-state index is 5.63. The zero-order valence-electron chi connectivity index (χ0n) is 7.20. The Labute approximate surface area is 71.3 Å². The summed E-state index contributed by atoms with van der Waals surface area (Å²) in [6.45, 7) is 4.53. The summed E-state index contributed by atoms with van der Waals surface area (Å²) in [5.41, 5.74) is -0.240. The molecule has 0 aromatic carbocycles. The van der Waals surface area contributed by atoms with E-state index in [1.54, 1.807) is 6.20 Å². The molecule has 0 bridgehead atoms. The van der Waals surface area contributed by atoms with Crippen LogP contribution in [0.2, 0.25) is 0 Å². The monoisotopic (exact) mass is 165 g/mol. The second-order valence-electron chi connectivity index (χ2n) is 3.46. The molecule has 64 valence electrons. The van der Waals surface area contributed by atoms with Gasteiger partial charge in [-0.2, -0.15) is 0 Å². The number of nitrogens with zero attached hydrogens (tertiary/aromatic N) is 1. The van der Waals surface area contributed by atoms with Gasteiger partial charge in [0.15, 0.2) is 5.75 Å². The third kappa shape index (κ3) is 1.22. The summed E-state index contributed by atoms with van der Waals surface area (Å²) in [7, 11) is 0. The second-order valence-corrected chi connectivity index (χ2v) is 3.46. The standard InChI is InChI=1S/C9H11NO2/c1-9(2)6-11-8-7(12-9)4-3-5-10-8/h3-5H,6H2,1-2H3. The highest BCUT2D eigenvalue weighted by Crippen LogP contribution is 2.32. The van der Waals surface area contributed by atoms with Gasteiger partial charge in [-0.05, 0) is 26.0 Å². The van der Waals surface area contributed by atoms with Crippen molar-refractivity contribution in [3.05, 3.63) is 18.3 Å². The Balaban J connectivity index is 2.35. The van der Waals surface area contributed by atoms with Crippen molar-refractivity contribution in [3.8, 4) is 11.6 Å². The predicted molar refractivity (Wildman–Crippen MR) is 44.4 cm³/mol. The van der Waals surface area contributed by atoms with Gasteiger partial charge in [-0.25, -0.2) is 4.98 Å². The van der Waals surface area contributed by atoms with E-state index in [2.05, 4.69) is 4.98 Å². The fourth-order valence-electron chi connectivity index (χ4n) is 1.13. The number of hydrogen-bond donors (Lipinski definition) is 0. The average Bonchev–Trinajstić information content (AvgIpc) is 2.02. The minimum Gasteiger partial charge on any atom is -0.479 e. The topological polar surface area (TPSA) is 31.4 Å². The molecule has 3 nitrogen and oxygen atoms in total. The van der Waals surface area contributed by atoms with Crippen LogP contribution in [-0.2, 0) is 0 Å². The van der Waals surface area contributed by atoms with Crippen LogP contribution in [0.1, 0.15) is 13.8 Å². The van der Waals surface area contributed by atoms with Crippen molar-refractivity contribution in [1.82, 2.24) is 4.98 Å². The molecule has 0 unspecified atom stereocenters. The molecule has 1 aromatic rings. The molecule has 0 spiro atoms. The van der Waals surface area contributed by atoms with Crippen LogP contribution in [0.15, 0.2) is 18.3 Å². The Hall–Kier alpha value is -1.25. The molecule has 1 aliphatic heterocycles. The normalized spacial score (nSPS) is 18.8. The molecule has 0 saturated carbocycles. The molecule has 0 atom stereocenters. The molecule has 0 aliphatic carbocycles. The fourth-order valence-corrected chi connectivity index (χ4v) is 1.13. The van der Waals surface area contributed by atoms with Crippen molar-refractivity contribution in [3.63, 3.8) is 0 Å². The summed E-state index contributed by atoms with van der Waals surface area (Å²) >= 11 is 0. The van der Waals surface area contributed by atoms with Crippen molar-refractivity contribution >= 4 is 0 Å². The van der Waals surface area contributed by atoms with Crippen molar-refractivity contribution in [2.75, 3.05) is 6.61 Å². The third-order valence-corrected chi connectivity index (χ3v) is 1.68. The number of fused-ring (bicyclic) bond motifs is 1. The second kappa shape index (κ2) is 2.37. The number of hydrogen-bond acceptors (Lipinski definition) is 3. The minimum absolute atomic E-state index is 0.240. The summed E-state index contributed by atoms with van der Waals surface area (Å²) < 4.78 is 11.0. The van der Waals surface area contributed by atoms with Gasteiger partial charge in [0.05, 0.1) is 0 Å². The first-order valence-electron chi connectivity index (χ1n) is 3.94. The Kier molecular flexibility index (Phi) is 1.46. The first kappa shape index (κ1) is 7.40. The van der Waals surface area contributed by atoms with Crippen LogP contribution in [0.25, 0.3) is 0 Å². The Morgan fingerprint density at radius 2 is 2.33 bits per heavy atom. The van der Waals surface area contributed by atoms with E-state index in [0.717, 1.165) is 5.75 Å². The van der Waals surface area contributed by atoms with Crippen molar-refractivity contribution < 1.29 is 9.47 Å². The molecular weight excluding hydrogens is 154 g/mol. The van der Waals surface area contributed by atoms with Crippen LogP contribution in [-0.4, -0.2) is 17.2 Å². The molecule has 0 fully saturated rings. The molecule has 0 N–H and O–H groups in total. The first-order valence-corrected chi connectivity index (χ1v) is 3.94. The van der Waals surface area contributed by atoms with Gasteiger partial charge in [-0.15, -0.1) is 0 Å². The molecule has 0 saturated heterocycles. The Bertz CT molecular complexity index is 296. The molecule has 3 heteroatoms. The van der Waals surface area contributed by atoms with Gasteiger partial charge < -0.3 is 9.47 Å². The predicted octanol–water partition coefficient (Wildman–Crippen LogP) is 1.63. The minimum atomic E-state index is -0.240. The number of ether oxygens (including phenoxy) is 2. The van der Waals surface area contributed by atoms with E-state index in [1.807, 2.05) is 26.0 Å². The van der Waals surface area contributed by atoms with E-state index in [0.29, 0.717) is 12.5 Å². The van der Waals surface area contributed by atoms with Gasteiger partial charge in [-0.1, -0.05) is 0 Å². The molecule has 2 rings (SSSR count). The van der Waals surface area contributed by atoms with E-state index in [9.17, 15) is 0 Å². The Morgan fingerprint density at radius 1 is 1.50 bits per heavy atom. The maximum absolute atomic E-state index is 5.63. The summed E-state index contributed by atoms with van der Waals surface area (Å²) in [5.74, 6) is 1.32.